The highest BCUT2D eigenvalue weighted by molar-refractivity contribution is 5.69. The number of para-hydroxylation sites is 2. The summed E-state index contributed by atoms with van der Waals surface area (Å²) in [4.78, 5) is 15.9. The van der Waals surface area contributed by atoms with Gasteiger partial charge in [-0.05, 0) is 31.2 Å². The van der Waals surface area contributed by atoms with Crippen LogP contribution in [0, 0.1) is 0 Å². The molecule has 120 valence electrons. The van der Waals surface area contributed by atoms with Crippen LogP contribution in [0.1, 0.15) is 13.3 Å². The van der Waals surface area contributed by atoms with Gasteiger partial charge in [-0.2, -0.15) is 0 Å². The van der Waals surface area contributed by atoms with Crippen LogP contribution in [-0.2, 0) is 4.79 Å². The van der Waals surface area contributed by atoms with Gasteiger partial charge in [0.1, 0.15) is 0 Å². The van der Waals surface area contributed by atoms with Crippen LogP contribution in [0.15, 0.2) is 60.7 Å². The Balaban J connectivity index is 1.89. The summed E-state index contributed by atoms with van der Waals surface area (Å²) in [6.07, 6.45) is 0.138. The Hall–Kier alpha value is -2.49. The van der Waals surface area contributed by atoms with Crippen molar-refractivity contribution in [1.82, 2.24) is 0 Å². The van der Waals surface area contributed by atoms with E-state index in [9.17, 15) is 9.90 Å². The summed E-state index contributed by atoms with van der Waals surface area (Å²) in [6, 6.07) is 20.4. The summed E-state index contributed by atoms with van der Waals surface area (Å²) in [5.74, 6) is -0.752. The Morgan fingerprint density at radius 2 is 1.43 bits per heavy atom. The molecule has 3 rings (SSSR count). The Bertz CT molecular complexity index is 645. The van der Waals surface area contributed by atoms with Gasteiger partial charge in [0.25, 0.3) is 0 Å². The number of carboxylic acid groups (broad SMARTS) is 1. The number of rotatable bonds is 4. The molecule has 2 aromatic rings. The van der Waals surface area contributed by atoms with Gasteiger partial charge in [-0.1, -0.05) is 36.4 Å². The number of benzene rings is 2. The van der Waals surface area contributed by atoms with Gasteiger partial charge in [-0.15, -0.1) is 0 Å². The van der Waals surface area contributed by atoms with Crippen molar-refractivity contribution in [3.05, 3.63) is 60.7 Å². The van der Waals surface area contributed by atoms with E-state index in [0.29, 0.717) is 0 Å². The fraction of sp³-hybridized carbons (Fsp3) is 0.316. The van der Waals surface area contributed by atoms with Crippen LogP contribution in [-0.4, -0.2) is 36.2 Å². The number of carboxylic acids is 1. The first kappa shape index (κ1) is 15.4. The number of carbonyl (C=O) groups is 1. The van der Waals surface area contributed by atoms with E-state index in [1.165, 1.54) is 0 Å². The molecule has 0 aliphatic carbocycles. The zero-order chi connectivity index (χ0) is 16.2. The van der Waals surface area contributed by atoms with Gasteiger partial charge in [0.05, 0.1) is 12.5 Å². The van der Waals surface area contributed by atoms with Crippen molar-refractivity contribution < 1.29 is 9.90 Å². The molecule has 4 heteroatoms. The van der Waals surface area contributed by atoms with E-state index in [1.807, 2.05) is 36.4 Å². The molecule has 0 unspecified atom stereocenters. The predicted molar refractivity (Wildman–Crippen MR) is 93.1 cm³/mol. The topological polar surface area (TPSA) is 43.8 Å². The van der Waals surface area contributed by atoms with Crippen molar-refractivity contribution in [2.75, 3.05) is 22.9 Å². The maximum atomic E-state index is 11.4. The lowest BCUT2D eigenvalue weighted by atomic mass is 9.97. The largest absolute Gasteiger partial charge is 0.481 e. The van der Waals surface area contributed by atoms with E-state index in [1.54, 1.807) is 0 Å². The first-order valence-electron chi connectivity index (χ1n) is 8.02. The average molecular weight is 310 g/mol. The van der Waals surface area contributed by atoms with Gasteiger partial charge in [-0.3, -0.25) is 4.79 Å². The maximum Gasteiger partial charge on any atom is 0.305 e. The third-order valence-electron chi connectivity index (χ3n) is 4.59. The molecule has 2 aromatic carbocycles. The summed E-state index contributed by atoms with van der Waals surface area (Å²) in [6.45, 7) is 3.83. The molecule has 1 saturated heterocycles. The summed E-state index contributed by atoms with van der Waals surface area (Å²) < 4.78 is 0. The molecule has 0 amide bonds. The van der Waals surface area contributed by atoms with Gasteiger partial charge in [-0.25, -0.2) is 0 Å². The molecule has 0 aromatic heterocycles. The first-order chi connectivity index (χ1) is 11.2. The Labute approximate surface area is 137 Å². The standard InChI is InChI=1S/C19H22N2O2/c1-15-18(14-19(22)23)21(17-10-6-3-7-11-17)13-12-20(15)16-8-4-2-5-9-16/h2-11,15,18H,12-14H2,1H3,(H,22,23)/t15-,18-/m0/s1. The van der Waals surface area contributed by atoms with Crippen LogP contribution in [0.5, 0.6) is 0 Å². The fourth-order valence-corrected chi connectivity index (χ4v) is 3.44. The lowest BCUT2D eigenvalue weighted by Gasteiger charge is -2.48. The molecule has 1 heterocycles. The fourth-order valence-electron chi connectivity index (χ4n) is 3.44. The van der Waals surface area contributed by atoms with Crippen LogP contribution in [0.2, 0.25) is 0 Å². The van der Waals surface area contributed by atoms with Crippen LogP contribution in [0.25, 0.3) is 0 Å². The third-order valence-corrected chi connectivity index (χ3v) is 4.59. The molecule has 1 N–H and O–H groups in total. The molecular weight excluding hydrogens is 288 g/mol. The quantitative estimate of drug-likeness (QED) is 0.941. The summed E-state index contributed by atoms with van der Waals surface area (Å²) in [7, 11) is 0. The lowest BCUT2D eigenvalue weighted by molar-refractivity contribution is -0.137. The maximum absolute atomic E-state index is 11.4. The zero-order valence-electron chi connectivity index (χ0n) is 13.3. The van der Waals surface area contributed by atoms with E-state index in [-0.39, 0.29) is 18.5 Å². The molecule has 0 saturated carbocycles. The van der Waals surface area contributed by atoms with Gasteiger partial charge in [0, 0.05) is 30.5 Å². The number of piperazine rings is 1. The van der Waals surface area contributed by atoms with Crippen molar-refractivity contribution in [2.45, 2.75) is 25.4 Å². The predicted octanol–water partition coefficient (Wildman–Crippen LogP) is 3.25. The normalized spacial score (nSPS) is 21.3. The minimum Gasteiger partial charge on any atom is -0.481 e. The molecule has 2 atom stereocenters. The number of aliphatic carboxylic acids is 1. The Morgan fingerprint density at radius 3 is 1.96 bits per heavy atom. The number of nitrogens with zero attached hydrogens (tertiary/aromatic N) is 2. The third kappa shape index (κ3) is 3.31. The van der Waals surface area contributed by atoms with E-state index >= 15 is 0 Å². The number of anilines is 2. The Kier molecular flexibility index (Phi) is 4.51. The van der Waals surface area contributed by atoms with Gasteiger partial charge < -0.3 is 14.9 Å². The van der Waals surface area contributed by atoms with Crippen LogP contribution >= 0.6 is 0 Å². The van der Waals surface area contributed by atoms with Crippen molar-refractivity contribution in [3.8, 4) is 0 Å². The molecule has 0 bridgehead atoms. The highest BCUT2D eigenvalue weighted by Crippen LogP contribution is 2.29. The van der Waals surface area contributed by atoms with Crippen LogP contribution in [0.4, 0.5) is 11.4 Å². The molecule has 1 fully saturated rings. The van der Waals surface area contributed by atoms with E-state index < -0.39 is 5.97 Å². The summed E-state index contributed by atoms with van der Waals surface area (Å²) >= 11 is 0. The van der Waals surface area contributed by atoms with Crippen LogP contribution in [0.3, 0.4) is 0 Å². The molecule has 1 aliphatic rings. The smallest absolute Gasteiger partial charge is 0.305 e. The van der Waals surface area contributed by atoms with Crippen molar-refractivity contribution in [3.63, 3.8) is 0 Å². The number of hydrogen-bond acceptors (Lipinski definition) is 3. The average Bonchev–Trinajstić information content (AvgIpc) is 2.58. The molecule has 1 aliphatic heterocycles. The monoisotopic (exact) mass is 310 g/mol. The summed E-state index contributed by atoms with van der Waals surface area (Å²) in [5.41, 5.74) is 2.25. The zero-order valence-corrected chi connectivity index (χ0v) is 13.3. The molecule has 0 radical (unpaired) electrons. The van der Waals surface area contributed by atoms with Crippen molar-refractivity contribution in [1.29, 1.82) is 0 Å². The molecule has 23 heavy (non-hydrogen) atoms. The SMILES string of the molecule is C[C@H]1[C@H](CC(=O)O)N(c2ccccc2)CCN1c1ccccc1. The molecule has 0 spiro atoms. The second-order valence-electron chi connectivity index (χ2n) is 5.96. The van der Waals surface area contributed by atoms with E-state index in [2.05, 4.69) is 41.0 Å². The lowest BCUT2D eigenvalue weighted by Crippen LogP contribution is -2.59. The summed E-state index contributed by atoms with van der Waals surface area (Å²) in [5, 5.41) is 9.36. The van der Waals surface area contributed by atoms with Gasteiger partial charge in [0.15, 0.2) is 0 Å². The van der Waals surface area contributed by atoms with Gasteiger partial charge in [0.2, 0.25) is 0 Å². The second-order valence-corrected chi connectivity index (χ2v) is 5.96. The second kappa shape index (κ2) is 6.73. The number of hydrogen-bond donors (Lipinski definition) is 1. The van der Waals surface area contributed by atoms with Gasteiger partial charge >= 0.3 is 5.97 Å². The Morgan fingerprint density at radius 1 is 0.957 bits per heavy atom. The minimum absolute atomic E-state index is 0.0520. The van der Waals surface area contributed by atoms with E-state index in [0.717, 1.165) is 24.5 Å². The first-order valence-corrected chi connectivity index (χ1v) is 8.02. The van der Waals surface area contributed by atoms with Crippen LogP contribution < -0.4 is 9.80 Å². The van der Waals surface area contributed by atoms with E-state index in [4.69, 9.17) is 0 Å². The highest BCUT2D eigenvalue weighted by Gasteiger charge is 2.35. The van der Waals surface area contributed by atoms with Crippen molar-refractivity contribution >= 4 is 17.3 Å². The minimum atomic E-state index is -0.752. The molecular formula is C19H22N2O2. The molecule has 4 nitrogen and oxygen atoms in total. The highest BCUT2D eigenvalue weighted by atomic mass is 16.4. The van der Waals surface area contributed by atoms with Crippen molar-refractivity contribution in [2.24, 2.45) is 0 Å².